The fourth-order valence-corrected chi connectivity index (χ4v) is 3.04. The summed E-state index contributed by atoms with van der Waals surface area (Å²) in [5.74, 6) is 1.11. The molecule has 3 aromatic heterocycles. The van der Waals surface area contributed by atoms with Gasteiger partial charge in [-0.3, -0.25) is 4.98 Å². The number of hydrogen-bond acceptors (Lipinski definition) is 4. The molecule has 0 aliphatic rings. The van der Waals surface area contributed by atoms with Crippen LogP contribution in [0.5, 0.6) is 0 Å². The van der Waals surface area contributed by atoms with E-state index in [9.17, 15) is 0 Å². The maximum absolute atomic E-state index is 4.49. The van der Waals surface area contributed by atoms with Crippen LogP contribution >= 0.6 is 11.3 Å². The van der Waals surface area contributed by atoms with Gasteiger partial charge in [-0.1, -0.05) is 0 Å². The van der Waals surface area contributed by atoms with E-state index in [0.29, 0.717) is 6.04 Å². The van der Waals surface area contributed by atoms with Crippen molar-refractivity contribution in [1.29, 1.82) is 0 Å². The van der Waals surface area contributed by atoms with Gasteiger partial charge in [-0.25, -0.2) is 4.98 Å². The molecule has 0 aliphatic heterocycles. The summed E-state index contributed by atoms with van der Waals surface area (Å²) < 4.78 is 3.31. The van der Waals surface area contributed by atoms with E-state index in [1.165, 1.54) is 10.3 Å². The first-order valence-corrected chi connectivity index (χ1v) is 7.65. The Bertz CT molecular complexity index is 701. The molecular formula is C15H18N4S. The standard InChI is InChI=1S/C15H18N4S/c1-11(16-5-3-15-17-6-7-19(15)2)12-9-14-13(18-10-12)4-8-20-14/h4,6-11,16H,3,5H2,1-2H3. The zero-order chi connectivity index (χ0) is 13.9. The lowest BCUT2D eigenvalue weighted by Crippen LogP contribution is -2.22. The van der Waals surface area contributed by atoms with Gasteiger partial charge in [-0.05, 0) is 30.0 Å². The minimum Gasteiger partial charge on any atom is -0.338 e. The second-order valence-electron chi connectivity index (χ2n) is 4.95. The average Bonchev–Trinajstić information content (AvgIpc) is 3.07. The largest absolute Gasteiger partial charge is 0.338 e. The normalized spacial score (nSPS) is 12.9. The van der Waals surface area contributed by atoms with E-state index in [-0.39, 0.29) is 0 Å². The second-order valence-corrected chi connectivity index (χ2v) is 5.90. The number of thiophene rings is 1. The van der Waals surface area contributed by atoms with Gasteiger partial charge < -0.3 is 9.88 Å². The Labute approximate surface area is 122 Å². The Kier molecular flexibility index (Phi) is 3.80. The lowest BCUT2D eigenvalue weighted by molar-refractivity contribution is 0.564. The van der Waals surface area contributed by atoms with E-state index in [1.807, 2.05) is 25.6 Å². The minimum absolute atomic E-state index is 0.300. The number of hydrogen-bond donors (Lipinski definition) is 1. The van der Waals surface area contributed by atoms with Crippen molar-refractivity contribution in [2.45, 2.75) is 19.4 Å². The van der Waals surface area contributed by atoms with E-state index in [1.54, 1.807) is 11.3 Å². The Morgan fingerprint density at radius 2 is 2.30 bits per heavy atom. The van der Waals surface area contributed by atoms with Crippen LogP contribution in [0.1, 0.15) is 24.4 Å². The van der Waals surface area contributed by atoms with Gasteiger partial charge in [0, 0.05) is 44.6 Å². The highest BCUT2D eigenvalue weighted by Gasteiger charge is 2.07. The lowest BCUT2D eigenvalue weighted by atomic mass is 10.1. The predicted molar refractivity (Wildman–Crippen MR) is 82.9 cm³/mol. The molecule has 3 rings (SSSR count). The molecule has 0 aromatic carbocycles. The molecule has 4 nitrogen and oxygen atoms in total. The van der Waals surface area contributed by atoms with Gasteiger partial charge in [0.15, 0.2) is 0 Å². The van der Waals surface area contributed by atoms with Crippen LogP contribution in [0.3, 0.4) is 0 Å². The van der Waals surface area contributed by atoms with E-state index >= 15 is 0 Å². The smallest absolute Gasteiger partial charge is 0.109 e. The van der Waals surface area contributed by atoms with Crippen LogP contribution in [0.4, 0.5) is 0 Å². The fourth-order valence-electron chi connectivity index (χ4n) is 2.25. The zero-order valence-corrected chi connectivity index (χ0v) is 12.5. The van der Waals surface area contributed by atoms with Crippen LogP contribution in [0, 0.1) is 0 Å². The minimum atomic E-state index is 0.300. The third-order valence-corrected chi connectivity index (χ3v) is 4.40. The Balaban J connectivity index is 1.61. The molecule has 0 fully saturated rings. The van der Waals surface area contributed by atoms with Crippen molar-refractivity contribution in [3.63, 3.8) is 0 Å². The van der Waals surface area contributed by atoms with Crippen molar-refractivity contribution in [3.05, 3.63) is 47.5 Å². The topological polar surface area (TPSA) is 42.7 Å². The van der Waals surface area contributed by atoms with Gasteiger partial charge in [0.2, 0.25) is 0 Å². The van der Waals surface area contributed by atoms with Crippen molar-refractivity contribution in [2.24, 2.45) is 7.05 Å². The van der Waals surface area contributed by atoms with Gasteiger partial charge in [0.25, 0.3) is 0 Å². The molecule has 1 unspecified atom stereocenters. The molecule has 5 heteroatoms. The summed E-state index contributed by atoms with van der Waals surface area (Å²) in [4.78, 5) is 8.82. The molecule has 0 radical (unpaired) electrons. The zero-order valence-electron chi connectivity index (χ0n) is 11.7. The molecule has 3 aromatic rings. The second kappa shape index (κ2) is 5.73. The van der Waals surface area contributed by atoms with Crippen LogP contribution in [0.25, 0.3) is 10.2 Å². The predicted octanol–water partition coefficient (Wildman–Crippen LogP) is 2.92. The number of imidazole rings is 1. The first kappa shape index (κ1) is 13.3. The number of aromatic nitrogens is 3. The Morgan fingerprint density at radius 1 is 1.40 bits per heavy atom. The molecular weight excluding hydrogens is 268 g/mol. The van der Waals surface area contributed by atoms with Gasteiger partial charge in [0.1, 0.15) is 5.82 Å². The Morgan fingerprint density at radius 3 is 3.10 bits per heavy atom. The van der Waals surface area contributed by atoms with Crippen molar-refractivity contribution in [1.82, 2.24) is 19.9 Å². The van der Waals surface area contributed by atoms with Gasteiger partial charge >= 0.3 is 0 Å². The van der Waals surface area contributed by atoms with E-state index < -0.39 is 0 Å². The third kappa shape index (κ3) is 2.73. The summed E-state index contributed by atoms with van der Waals surface area (Å²) in [5.41, 5.74) is 2.32. The Hall–Kier alpha value is -1.72. The summed E-state index contributed by atoms with van der Waals surface area (Å²) in [7, 11) is 2.03. The lowest BCUT2D eigenvalue weighted by Gasteiger charge is -2.13. The van der Waals surface area contributed by atoms with E-state index in [4.69, 9.17) is 0 Å². The molecule has 20 heavy (non-hydrogen) atoms. The highest BCUT2D eigenvalue weighted by Crippen LogP contribution is 2.22. The molecule has 0 amide bonds. The van der Waals surface area contributed by atoms with E-state index in [2.05, 4.69) is 44.3 Å². The van der Waals surface area contributed by atoms with Crippen molar-refractivity contribution < 1.29 is 0 Å². The van der Waals surface area contributed by atoms with Crippen molar-refractivity contribution in [2.75, 3.05) is 6.54 Å². The van der Waals surface area contributed by atoms with Crippen LogP contribution in [-0.2, 0) is 13.5 Å². The molecule has 1 N–H and O–H groups in total. The van der Waals surface area contributed by atoms with E-state index in [0.717, 1.165) is 24.3 Å². The van der Waals surface area contributed by atoms with Crippen molar-refractivity contribution >= 4 is 21.6 Å². The number of fused-ring (bicyclic) bond motifs is 1. The summed E-state index contributed by atoms with van der Waals surface area (Å²) in [6.45, 7) is 3.09. The summed E-state index contributed by atoms with van der Waals surface area (Å²) in [6.07, 6.45) is 6.72. The molecule has 0 bridgehead atoms. The average molecular weight is 286 g/mol. The summed E-state index contributed by atoms with van der Waals surface area (Å²) in [6, 6.07) is 4.59. The quantitative estimate of drug-likeness (QED) is 0.784. The molecule has 104 valence electrons. The number of rotatable bonds is 5. The summed E-state index contributed by atoms with van der Waals surface area (Å²) in [5, 5.41) is 5.62. The van der Waals surface area contributed by atoms with Gasteiger partial charge in [-0.2, -0.15) is 0 Å². The maximum Gasteiger partial charge on any atom is 0.109 e. The van der Waals surface area contributed by atoms with Gasteiger partial charge in [-0.15, -0.1) is 11.3 Å². The molecule has 0 aliphatic carbocycles. The van der Waals surface area contributed by atoms with Crippen LogP contribution in [0.2, 0.25) is 0 Å². The first-order chi connectivity index (χ1) is 9.74. The number of nitrogens with zero attached hydrogens (tertiary/aromatic N) is 3. The van der Waals surface area contributed by atoms with Crippen LogP contribution < -0.4 is 5.32 Å². The third-order valence-electron chi connectivity index (χ3n) is 3.54. The molecule has 0 saturated carbocycles. The first-order valence-electron chi connectivity index (χ1n) is 6.77. The fraction of sp³-hybridized carbons (Fsp3) is 0.333. The summed E-state index contributed by atoms with van der Waals surface area (Å²) >= 11 is 1.74. The van der Waals surface area contributed by atoms with Crippen LogP contribution in [-0.4, -0.2) is 21.1 Å². The molecule has 3 heterocycles. The van der Waals surface area contributed by atoms with Crippen molar-refractivity contribution in [3.8, 4) is 0 Å². The molecule has 0 spiro atoms. The highest BCUT2D eigenvalue weighted by molar-refractivity contribution is 7.17. The number of nitrogens with one attached hydrogen (secondary N) is 1. The number of pyridine rings is 1. The van der Waals surface area contributed by atoms with Gasteiger partial charge in [0.05, 0.1) is 10.2 Å². The SMILES string of the molecule is CC(NCCc1nccn1C)c1cnc2ccsc2c1. The monoisotopic (exact) mass is 286 g/mol. The van der Waals surface area contributed by atoms with Crippen LogP contribution in [0.15, 0.2) is 36.1 Å². The maximum atomic E-state index is 4.49. The molecule has 1 atom stereocenters. The number of aryl methyl sites for hydroxylation is 1. The molecule has 0 saturated heterocycles. The highest BCUT2D eigenvalue weighted by atomic mass is 32.1.